The van der Waals surface area contributed by atoms with Crippen LogP contribution in [0.2, 0.25) is 0 Å². The van der Waals surface area contributed by atoms with Crippen molar-refractivity contribution in [3.63, 3.8) is 0 Å². The summed E-state index contributed by atoms with van der Waals surface area (Å²) in [6.07, 6.45) is 7.89. The van der Waals surface area contributed by atoms with Crippen molar-refractivity contribution < 1.29 is 23.9 Å². The molecule has 0 spiro atoms. The summed E-state index contributed by atoms with van der Waals surface area (Å²) in [4.78, 5) is 37.4. The lowest BCUT2D eigenvalue weighted by Crippen LogP contribution is -2.57. The number of carbonyl (C=O) groups excluding carboxylic acids is 3. The van der Waals surface area contributed by atoms with Gasteiger partial charge in [-0.2, -0.15) is 0 Å². The SMILES string of the molecule is COC(=O)[C@H](C)[C@@H]1CC[C@@H]2[C@@H]3CC[C@@H]4C[C@H](OC(C)=O)CC[C@]4(C)[C@H]3CC(=O)[C@]21C. The Bertz CT molecular complexity index is 731. The molecular formula is C25H38O5. The lowest BCUT2D eigenvalue weighted by Gasteiger charge is -2.60. The Labute approximate surface area is 180 Å². The maximum absolute atomic E-state index is 13.7. The molecule has 30 heavy (non-hydrogen) atoms. The van der Waals surface area contributed by atoms with Crippen LogP contribution in [0.1, 0.15) is 79.1 Å². The molecule has 0 unspecified atom stereocenters. The number of methoxy groups -OCH3 is 1. The molecule has 0 aromatic carbocycles. The second-order valence-electron chi connectivity index (χ2n) is 11.1. The van der Waals surface area contributed by atoms with Crippen molar-refractivity contribution in [2.75, 3.05) is 7.11 Å². The molecule has 0 aliphatic heterocycles. The topological polar surface area (TPSA) is 69.7 Å². The molecule has 4 aliphatic rings. The fraction of sp³-hybridized carbons (Fsp3) is 0.880. The van der Waals surface area contributed by atoms with Crippen molar-refractivity contribution in [1.29, 1.82) is 0 Å². The minimum absolute atomic E-state index is 0.0402. The van der Waals surface area contributed by atoms with Gasteiger partial charge in [-0.3, -0.25) is 14.4 Å². The average Bonchev–Trinajstić information content (AvgIpc) is 3.06. The number of hydrogen-bond donors (Lipinski definition) is 0. The fourth-order valence-electron chi connectivity index (χ4n) is 8.45. The molecule has 0 heterocycles. The van der Waals surface area contributed by atoms with E-state index in [4.69, 9.17) is 9.47 Å². The Balaban J connectivity index is 1.57. The molecule has 0 amide bonds. The predicted octanol–water partition coefficient (Wildman–Crippen LogP) is 4.57. The molecule has 4 aliphatic carbocycles. The van der Waals surface area contributed by atoms with Crippen molar-refractivity contribution in [2.24, 2.45) is 46.3 Å². The summed E-state index contributed by atoms with van der Waals surface area (Å²) in [5.74, 6) is 1.77. The van der Waals surface area contributed by atoms with Gasteiger partial charge in [0, 0.05) is 18.8 Å². The van der Waals surface area contributed by atoms with Crippen LogP contribution in [0.15, 0.2) is 0 Å². The molecule has 0 aromatic rings. The number of carbonyl (C=O) groups is 3. The maximum atomic E-state index is 13.7. The van der Waals surface area contributed by atoms with E-state index >= 15 is 0 Å². The first-order chi connectivity index (χ1) is 14.1. The lowest BCUT2D eigenvalue weighted by atomic mass is 9.44. The highest BCUT2D eigenvalue weighted by Gasteiger charge is 2.64. The van der Waals surface area contributed by atoms with E-state index in [1.54, 1.807) is 0 Å². The third kappa shape index (κ3) is 3.14. The van der Waals surface area contributed by atoms with E-state index in [9.17, 15) is 14.4 Å². The minimum Gasteiger partial charge on any atom is -0.469 e. The second-order valence-corrected chi connectivity index (χ2v) is 11.1. The quantitative estimate of drug-likeness (QED) is 0.628. The highest BCUT2D eigenvalue weighted by molar-refractivity contribution is 5.88. The summed E-state index contributed by atoms with van der Waals surface area (Å²) >= 11 is 0. The summed E-state index contributed by atoms with van der Waals surface area (Å²) in [6.45, 7) is 7.99. The van der Waals surface area contributed by atoms with Crippen LogP contribution in [0.3, 0.4) is 0 Å². The van der Waals surface area contributed by atoms with E-state index < -0.39 is 5.41 Å². The smallest absolute Gasteiger partial charge is 0.308 e. The monoisotopic (exact) mass is 418 g/mol. The third-order valence-electron chi connectivity index (χ3n) is 10.1. The van der Waals surface area contributed by atoms with Gasteiger partial charge in [0.05, 0.1) is 13.0 Å². The Kier molecular flexibility index (Phi) is 5.55. The standard InChI is InChI=1S/C25H38O5/c1-14(23(28)29-5)19-8-9-20-18-7-6-16-12-17(30-15(2)26)10-11-24(16,3)21(18)13-22(27)25(19,20)4/h14,16-21H,6-13H2,1-5H3/t14-,16-,17-,18+,19+,20-,21+,24+,25+/m1/s1. The second kappa shape index (κ2) is 7.63. The Morgan fingerprint density at radius 2 is 1.80 bits per heavy atom. The van der Waals surface area contributed by atoms with Crippen molar-refractivity contribution >= 4 is 17.7 Å². The van der Waals surface area contributed by atoms with Crippen molar-refractivity contribution in [3.05, 3.63) is 0 Å². The van der Waals surface area contributed by atoms with Gasteiger partial charge in [0.2, 0.25) is 0 Å². The van der Waals surface area contributed by atoms with E-state index in [-0.39, 0.29) is 35.3 Å². The number of esters is 2. The third-order valence-corrected chi connectivity index (χ3v) is 10.1. The largest absolute Gasteiger partial charge is 0.469 e. The van der Waals surface area contributed by atoms with E-state index in [2.05, 4.69) is 13.8 Å². The van der Waals surface area contributed by atoms with Gasteiger partial charge in [-0.25, -0.2) is 0 Å². The molecule has 0 radical (unpaired) electrons. The van der Waals surface area contributed by atoms with Gasteiger partial charge in [-0.05, 0) is 80.0 Å². The molecule has 0 N–H and O–H groups in total. The number of rotatable bonds is 3. The number of Topliss-reactive ketones (excluding diaryl/α,β-unsaturated/α-hetero) is 1. The molecule has 5 nitrogen and oxygen atoms in total. The van der Waals surface area contributed by atoms with Crippen LogP contribution in [0, 0.1) is 46.3 Å². The van der Waals surface area contributed by atoms with Crippen LogP contribution in [0.25, 0.3) is 0 Å². The maximum Gasteiger partial charge on any atom is 0.308 e. The predicted molar refractivity (Wildman–Crippen MR) is 112 cm³/mol. The molecule has 9 atom stereocenters. The van der Waals surface area contributed by atoms with E-state index in [1.165, 1.54) is 14.0 Å². The number of hydrogen-bond acceptors (Lipinski definition) is 5. The molecule has 4 rings (SSSR count). The first-order valence-corrected chi connectivity index (χ1v) is 11.9. The van der Waals surface area contributed by atoms with Gasteiger partial charge in [0.1, 0.15) is 11.9 Å². The van der Waals surface area contributed by atoms with Gasteiger partial charge in [0.25, 0.3) is 0 Å². The summed E-state index contributed by atoms with van der Waals surface area (Å²) < 4.78 is 10.6. The zero-order valence-electron chi connectivity index (χ0n) is 19.2. The lowest BCUT2D eigenvalue weighted by molar-refractivity contribution is -0.168. The van der Waals surface area contributed by atoms with Crippen LogP contribution in [-0.2, 0) is 23.9 Å². The molecule has 168 valence electrons. The van der Waals surface area contributed by atoms with Gasteiger partial charge in [-0.1, -0.05) is 20.8 Å². The summed E-state index contributed by atoms with van der Waals surface area (Å²) in [6, 6.07) is 0. The van der Waals surface area contributed by atoms with Crippen molar-refractivity contribution in [2.45, 2.75) is 85.2 Å². The van der Waals surface area contributed by atoms with Crippen molar-refractivity contribution in [1.82, 2.24) is 0 Å². The van der Waals surface area contributed by atoms with Gasteiger partial charge in [-0.15, -0.1) is 0 Å². The Morgan fingerprint density at radius 3 is 2.47 bits per heavy atom. The van der Waals surface area contributed by atoms with Crippen LogP contribution < -0.4 is 0 Å². The Hall–Kier alpha value is -1.39. The normalized spacial score (nSPS) is 46.2. The molecule has 5 heteroatoms. The summed E-state index contributed by atoms with van der Waals surface area (Å²) in [5, 5.41) is 0. The average molecular weight is 419 g/mol. The van der Waals surface area contributed by atoms with Crippen LogP contribution >= 0.6 is 0 Å². The highest BCUT2D eigenvalue weighted by Crippen LogP contribution is 2.67. The van der Waals surface area contributed by atoms with Gasteiger partial charge < -0.3 is 9.47 Å². The zero-order chi connectivity index (χ0) is 21.8. The van der Waals surface area contributed by atoms with Crippen molar-refractivity contribution in [3.8, 4) is 0 Å². The fourth-order valence-corrected chi connectivity index (χ4v) is 8.45. The van der Waals surface area contributed by atoms with E-state index in [0.29, 0.717) is 35.9 Å². The minimum atomic E-state index is -0.396. The zero-order valence-corrected chi connectivity index (χ0v) is 19.2. The highest BCUT2D eigenvalue weighted by atomic mass is 16.5. The van der Waals surface area contributed by atoms with Gasteiger partial charge in [0.15, 0.2) is 0 Å². The Morgan fingerprint density at radius 1 is 1.07 bits per heavy atom. The van der Waals surface area contributed by atoms with Gasteiger partial charge >= 0.3 is 11.9 Å². The number of ketones is 1. The molecule has 4 fully saturated rings. The summed E-state index contributed by atoms with van der Waals surface area (Å²) in [5.41, 5.74) is -0.241. The summed E-state index contributed by atoms with van der Waals surface area (Å²) in [7, 11) is 1.45. The molecule has 0 saturated heterocycles. The number of fused-ring (bicyclic) bond motifs is 5. The molecule has 4 saturated carbocycles. The molecular weight excluding hydrogens is 380 g/mol. The van der Waals surface area contributed by atoms with E-state index in [1.807, 2.05) is 6.92 Å². The first-order valence-electron chi connectivity index (χ1n) is 11.9. The van der Waals surface area contributed by atoms with E-state index in [0.717, 1.165) is 44.9 Å². The van der Waals surface area contributed by atoms with Crippen LogP contribution in [0.4, 0.5) is 0 Å². The molecule has 0 bridgehead atoms. The first kappa shape index (κ1) is 21.8. The number of ether oxygens (including phenoxy) is 2. The van der Waals surface area contributed by atoms with Crippen LogP contribution in [0.5, 0.6) is 0 Å². The van der Waals surface area contributed by atoms with Crippen LogP contribution in [-0.4, -0.2) is 30.9 Å². The molecule has 0 aromatic heterocycles.